The Morgan fingerprint density at radius 3 is 2.45 bits per heavy atom. The third-order valence-electron chi connectivity index (χ3n) is 2.88. The molecule has 2 aromatic rings. The van der Waals surface area contributed by atoms with E-state index in [0.717, 1.165) is 10.5 Å². The van der Waals surface area contributed by atoms with Gasteiger partial charge in [-0.2, -0.15) is 13.2 Å². The second-order valence-electron chi connectivity index (χ2n) is 4.36. The fraction of sp³-hybridized carbons (Fsp3) is 0.214. The summed E-state index contributed by atoms with van der Waals surface area (Å²) >= 11 is 3.25. The van der Waals surface area contributed by atoms with Crippen LogP contribution in [0.3, 0.4) is 0 Å². The molecular formula is C14H12BrF3N2. The Bertz CT molecular complexity index is 582. The SMILES string of the molecule is NC(Cc1ccc(Br)cn1)c1ccccc1C(F)(F)F. The molecule has 0 aliphatic carbocycles. The number of rotatable bonds is 3. The third-order valence-corrected chi connectivity index (χ3v) is 3.35. The van der Waals surface area contributed by atoms with Gasteiger partial charge in [0.25, 0.3) is 0 Å². The van der Waals surface area contributed by atoms with Crippen LogP contribution in [0.15, 0.2) is 47.1 Å². The highest BCUT2D eigenvalue weighted by atomic mass is 79.9. The van der Waals surface area contributed by atoms with E-state index in [9.17, 15) is 13.2 Å². The van der Waals surface area contributed by atoms with Crippen LogP contribution in [-0.2, 0) is 12.6 Å². The largest absolute Gasteiger partial charge is 0.416 e. The summed E-state index contributed by atoms with van der Waals surface area (Å²) < 4.78 is 39.6. The van der Waals surface area contributed by atoms with Crippen molar-refractivity contribution in [3.8, 4) is 0 Å². The van der Waals surface area contributed by atoms with Crippen LogP contribution in [0, 0.1) is 0 Å². The smallest absolute Gasteiger partial charge is 0.324 e. The van der Waals surface area contributed by atoms with E-state index in [0.29, 0.717) is 5.69 Å². The zero-order valence-corrected chi connectivity index (χ0v) is 11.9. The Morgan fingerprint density at radius 2 is 1.85 bits per heavy atom. The standard InChI is InChI=1S/C14H12BrF3N2/c15-9-5-6-10(20-8-9)7-13(19)11-3-1-2-4-12(11)14(16,17)18/h1-6,8,13H,7,19H2. The van der Waals surface area contributed by atoms with Crippen LogP contribution < -0.4 is 5.73 Å². The van der Waals surface area contributed by atoms with E-state index in [4.69, 9.17) is 5.73 Å². The topological polar surface area (TPSA) is 38.9 Å². The summed E-state index contributed by atoms with van der Waals surface area (Å²) in [5, 5.41) is 0. The molecule has 106 valence electrons. The summed E-state index contributed by atoms with van der Waals surface area (Å²) in [6.45, 7) is 0. The molecule has 2 nitrogen and oxygen atoms in total. The molecule has 1 heterocycles. The number of hydrogen-bond donors (Lipinski definition) is 1. The first kappa shape index (κ1) is 15.0. The molecule has 0 aliphatic rings. The van der Waals surface area contributed by atoms with Crippen molar-refractivity contribution < 1.29 is 13.2 Å². The Balaban J connectivity index is 2.25. The molecule has 1 aromatic carbocycles. The summed E-state index contributed by atoms with van der Waals surface area (Å²) in [6.07, 6.45) is -2.56. The Hall–Kier alpha value is -1.40. The highest BCUT2D eigenvalue weighted by Gasteiger charge is 2.34. The first-order chi connectivity index (χ1) is 9.38. The van der Waals surface area contributed by atoms with Crippen molar-refractivity contribution in [1.29, 1.82) is 0 Å². The van der Waals surface area contributed by atoms with Crippen molar-refractivity contribution in [1.82, 2.24) is 4.98 Å². The second-order valence-corrected chi connectivity index (χ2v) is 5.28. The molecule has 0 amide bonds. The molecule has 0 saturated carbocycles. The Kier molecular flexibility index (Phi) is 4.45. The first-order valence-electron chi connectivity index (χ1n) is 5.90. The van der Waals surface area contributed by atoms with E-state index < -0.39 is 17.8 Å². The predicted octanol–water partition coefficient (Wildman–Crippen LogP) is 4.11. The summed E-state index contributed by atoms with van der Waals surface area (Å²) in [5.41, 5.74) is 5.96. The van der Waals surface area contributed by atoms with Gasteiger partial charge in [0.05, 0.1) is 5.56 Å². The van der Waals surface area contributed by atoms with E-state index in [2.05, 4.69) is 20.9 Å². The van der Waals surface area contributed by atoms with Gasteiger partial charge in [-0.25, -0.2) is 0 Å². The lowest BCUT2D eigenvalue weighted by Crippen LogP contribution is -2.19. The maximum Gasteiger partial charge on any atom is 0.416 e. The van der Waals surface area contributed by atoms with E-state index in [1.165, 1.54) is 12.1 Å². The van der Waals surface area contributed by atoms with Crippen molar-refractivity contribution in [3.63, 3.8) is 0 Å². The Morgan fingerprint density at radius 1 is 1.15 bits per heavy atom. The van der Waals surface area contributed by atoms with Gasteiger partial charge >= 0.3 is 6.18 Å². The van der Waals surface area contributed by atoms with Gasteiger partial charge in [-0.1, -0.05) is 18.2 Å². The van der Waals surface area contributed by atoms with E-state index >= 15 is 0 Å². The van der Waals surface area contributed by atoms with Crippen LogP contribution in [0.2, 0.25) is 0 Å². The molecule has 2 rings (SSSR count). The zero-order valence-electron chi connectivity index (χ0n) is 10.4. The average Bonchev–Trinajstić information content (AvgIpc) is 2.40. The van der Waals surface area contributed by atoms with Crippen LogP contribution in [0.1, 0.15) is 22.9 Å². The van der Waals surface area contributed by atoms with Crippen molar-refractivity contribution >= 4 is 15.9 Å². The molecule has 0 fully saturated rings. The van der Waals surface area contributed by atoms with Crippen molar-refractivity contribution in [3.05, 3.63) is 63.9 Å². The van der Waals surface area contributed by atoms with Crippen LogP contribution in [0.5, 0.6) is 0 Å². The van der Waals surface area contributed by atoms with Crippen molar-refractivity contribution in [2.75, 3.05) is 0 Å². The van der Waals surface area contributed by atoms with Crippen LogP contribution in [0.4, 0.5) is 13.2 Å². The molecule has 0 bridgehead atoms. The number of aromatic nitrogens is 1. The lowest BCUT2D eigenvalue weighted by atomic mass is 9.97. The van der Waals surface area contributed by atoms with Gasteiger partial charge in [0.15, 0.2) is 0 Å². The highest BCUT2D eigenvalue weighted by molar-refractivity contribution is 9.10. The number of alkyl halides is 3. The molecule has 1 aromatic heterocycles. The molecule has 0 spiro atoms. The van der Waals surface area contributed by atoms with E-state index in [-0.39, 0.29) is 12.0 Å². The molecule has 0 radical (unpaired) electrons. The van der Waals surface area contributed by atoms with E-state index in [1.807, 2.05) is 0 Å². The van der Waals surface area contributed by atoms with Gasteiger partial charge in [-0.15, -0.1) is 0 Å². The second kappa shape index (κ2) is 5.93. The van der Waals surface area contributed by atoms with Crippen molar-refractivity contribution in [2.45, 2.75) is 18.6 Å². The fourth-order valence-corrected chi connectivity index (χ4v) is 2.18. The van der Waals surface area contributed by atoms with Crippen LogP contribution in [-0.4, -0.2) is 4.98 Å². The lowest BCUT2D eigenvalue weighted by molar-refractivity contribution is -0.138. The van der Waals surface area contributed by atoms with Crippen LogP contribution >= 0.6 is 15.9 Å². The maximum atomic E-state index is 12.9. The Labute approximate surface area is 123 Å². The lowest BCUT2D eigenvalue weighted by Gasteiger charge is -2.18. The fourth-order valence-electron chi connectivity index (χ4n) is 1.94. The van der Waals surface area contributed by atoms with Gasteiger partial charge in [-0.05, 0) is 39.7 Å². The number of pyridine rings is 1. The molecule has 2 N–H and O–H groups in total. The molecule has 1 unspecified atom stereocenters. The number of hydrogen-bond acceptors (Lipinski definition) is 2. The molecule has 20 heavy (non-hydrogen) atoms. The van der Waals surface area contributed by atoms with Gasteiger partial charge < -0.3 is 5.73 Å². The van der Waals surface area contributed by atoms with Gasteiger partial charge in [0.1, 0.15) is 0 Å². The van der Waals surface area contributed by atoms with Gasteiger partial charge in [-0.3, -0.25) is 4.98 Å². The minimum atomic E-state index is -4.40. The summed E-state index contributed by atoms with van der Waals surface area (Å²) in [7, 11) is 0. The normalized spacial score (nSPS) is 13.2. The number of benzene rings is 1. The maximum absolute atomic E-state index is 12.9. The van der Waals surface area contributed by atoms with Crippen LogP contribution in [0.25, 0.3) is 0 Å². The summed E-state index contributed by atoms with van der Waals surface area (Å²) in [4.78, 5) is 4.13. The average molecular weight is 345 g/mol. The number of halogens is 4. The summed E-state index contributed by atoms with van der Waals surface area (Å²) in [6, 6.07) is 8.14. The van der Waals surface area contributed by atoms with Crippen molar-refractivity contribution in [2.24, 2.45) is 5.73 Å². The molecule has 0 aliphatic heterocycles. The molecule has 6 heteroatoms. The zero-order chi connectivity index (χ0) is 14.8. The summed E-state index contributed by atoms with van der Waals surface area (Å²) in [5.74, 6) is 0. The first-order valence-corrected chi connectivity index (χ1v) is 6.69. The number of nitrogens with two attached hydrogens (primary N) is 1. The third kappa shape index (κ3) is 3.58. The minimum absolute atomic E-state index is 0.0877. The van der Waals surface area contributed by atoms with Gasteiger partial charge in [0, 0.05) is 28.8 Å². The molecular weight excluding hydrogens is 333 g/mol. The minimum Gasteiger partial charge on any atom is -0.324 e. The monoisotopic (exact) mass is 344 g/mol. The van der Waals surface area contributed by atoms with E-state index in [1.54, 1.807) is 24.4 Å². The predicted molar refractivity (Wildman–Crippen MR) is 74.0 cm³/mol. The van der Waals surface area contributed by atoms with Gasteiger partial charge in [0.2, 0.25) is 0 Å². The molecule has 0 saturated heterocycles. The quantitative estimate of drug-likeness (QED) is 0.910. The molecule has 1 atom stereocenters. The number of nitrogens with zero attached hydrogens (tertiary/aromatic N) is 1. The highest BCUT2D eigenvalue weighted by Crippen LogP contribution is 2.34.